The minimum absolute atomic E-state index is 0.00216. The van der Waals surface area contributed by atoms with E-state index < -0.39 is 17.5 Å². The Bertz CT molecular complexity index is 654. The number of nitrogens with zero attached hydrogens (tertiary/aromatic N) is 1. The van der Waals surface area contributed by atoms with Gasteiger partial charge in [0.2, 0.25) is 0 Å². The summed E-state index contributed by atoms with van der Waals surface area (Å²) in [5, 5.41) is 11.6. The summed E-state index contributed by atoms with van der Waals surface area (Å²) in [6, 6.07) is 7.93. The molecule has 0 aromatic heterocycles. The monoisotopic (exact) mass is 263 g/mol. The SMILES string of the molecule is N#Cc1cc(N)ccc1Nc1cc(F)c(F)c(F)c1. The van der Waals surface area contributed by atoms with E-state index in [0.717, 1.165) is 12.1 Å². The Kier molecular flexibility index (Phi) is 3.29. The molecule has 0 heterocycles. The molecule has 0 saturated carbocycles. The summed E-state index contributed by atoms with van der Waals surface area (Å²) in [6.45, 7) is 0. The first kappa shape index (κ1) is 12.8. The third kappa shape index (κ3) is 2.60. The second kappa shape index (κ2) is 4.90. The molecule has 96 valence electrons. The van der Waals surface area contributed by atoms with Crippen LogP contribution < -0.4 is 11.1 Å². The highest BCUT2D eigenvalue weighted by Crippen LogP contribution is 2.25. The summed E-state index contributed by atoms with van der Waals surface area (Å²) in [5.74, 6) is -4.16. The fraction of sp³-hybridized carbons (Fsp3) is 0. The number of nitrogens with two attached hydrogens (primary N) is 1. The largest absolute Gasteiger partial charge is 0.399 e. The Balaban J connectivity index is 2.40. The molecule has 2 rings (SSSR count). The molecule has 3 nitrogen and oxygen atoms in total. The van der Waals surface area contributed by atoms with Gasteiger partial charge in [-0.3, -0.25) is 0 Å². The van der Waals surface area contributed by atoms with Crippen LogP contribution in [-0.2, 0) is 0 Å². The van der Waals surface area contributed by atoms with Crippen LogP contribution in [0.1, 0.15) is 5.56 Å². The summed E-state index contributed by atoms with van der Waals surface area (Å²) in [4.78, 5) is 0. The molecule has 0 fully saturated rings. The van der Waals surface area contributed by atoms with Crippen LogP contribution in [0.4, 0.5) is 30.2 Å². The second-order valence-corrected chi connectivity index (χ2v) is 3.80. The molecule has 0 unspecified atom stereocenters. The normalized spacial score (nSPS) is 10.0. The number of rotatable bonds is 2. The van der Waals surface area contributed by atoms with Gasteiger partial charge in [0.1, 0.15) is 6.07 Å². The van der Waals surface area contributed by atoms with Gasteiger partial charge in [-0.15, -0.1) is 0 Å². The summed E-state index contributed by atoms with van der Waals surface area (Å²) in [7, 11) is 0. The maximum absolute atomic E-state index is 13.0. The quantitative estimate of drug-likeness (QED) is 0.645. The van der Waals surface area contributed by atoms with E-state index in [1.165, 1.54) is 18.2 Å². The van der Waals surface area contributed by atoms with Crippen LogP contribution in [0.3, 0.4) is 0 Å². The molecule has 0 radical (unpaired) electrons. The van der Waals surface area contributed by atoms with Gasteiger partial charge in [0.05, 0.1) is 11.3 Å². The van der Waals surface area contributed by atoms with Crippen molar-refractivity contribution in [2.24, 2.45) is 0 Å². The molecule has 0 aliphatic rings. The molecule has 2 aromatic rings. The van der Waals surface area contributed by atoms with E-state index in [1.54, 1.807) is 0 Å². The van der Waals surface area contributed by atoms with Gasteiger partial charge < -0.3 is 11.1 Å². The van der Waals surface area contributed by atoms with Crippen LogP contribution in [0.15, 0.2) is 30.3 Å². The number of hydrogen-bond donors (Lipinski definition) is 2. The van der Waals surface area contributed by atoms with Crippen LogP contribution in [0, 0.1) is 28.8 Å². The zero-order valence-electron chi connectivity index (χ0n) is 9.55. The van der Waals surface area contributed by atoms with E-state index >= 15 is 0 Å². The predicted molar refractivity (Wildman–Crippen MR) is 65.2 cm³/mol. The molecular formula is C13H8F3N3. The van der Waals surface area contributed by atoms with E-state index in [0.29, 0.717) is 11.4 Å². The molecule has 19 heavy (non-hydrogen) atoms. The highest BCUT2D eigenvalue weighted by Gasteiger charge is 2.11. The minimum Gasteiger partial charge on any atom is -0.399 e. The molecule has 6 heteroatoms. The molecule has 0 atom stereocenters. The lowest BCUT2D eigenvalue weighted by molar-refractivity contribution is 0.448. The number of benzene rings is 2. The Labute approximate surface area is 107 Å². The number of nitrogens with one attached hydrogen (secondary N) is 1. The van der Waals surface area contributed by atoms with E-state index in [9.17, 15) is 13.2 Å². The van der Waals surface area contributed by atoms with Gasteiger partial charge in [0.15, 0.2) is 17.5 Å². The molecule has 2 aromatic carbocycles. The lowest BCUT2D eigenvalue weighted by atomic mass is 10.1. The number of halogens is 3. The third-order valence-electron chi connectivity index (χ3n) is 2.43. The molecule has 3 N–H and O–H groups in total. The van der Waals surface area contributed by atoms with Crippen LogP contribution >= 0.6 is 0 Å². The lowest BCUT2D eigenvalue weighted by Crippen LogP contribution is -1.98. The third-order valence-corrected chi connectivity index (χ3v) is 2.43. The Morgan fingerprint density at radius 3 is 2.26 bits per heavy atom. The molecule has 0 spiro atoms. The zero-order valence-corrected chi connectivity index (χ0v) is 9.55. The maximum atomic E-state index is 13.0. The van der Waals surface area contributed by atoms with Crippen molar-refractivity contribution in [3.63, 3.8) is 0 Å². The Hall–Kier alpha value is -2.68. The van der Waals surface area contributed by atoms with Gasteiger partial charge in [-0.05, 0) is 18.2 Å². The molecule has 0 aliphatic carbocycles. The van der Waals surface area contributed by atoms with Crippen molar-refractivity contribution in [2.45, 2.75) is 0 Å². The highest BCUT2D eigenvalue weighted by molar-refractivity contribution is 5.69. The van der Waals surface area contributed by atoms with Gasteiger partial charge in [-0.1, -0.05) is 0 Å². The fourth-order valence-corrected chi connectivity index (χ4v) is 1.55. The van der Waals surface area contributed by atoms with E-state index in [4.69, 9.17) is 11.0 Å². The van der Waals surface area contributed by atoms with E-state index in [1.807, 2.05) is 6.07 Å². The average Bonchev–Trinajstić information content (AvgIpc) is 2.38. The molecular weight excluding hydrogens is 255 g/mol. The van der Waals surface area contributed by atoms with E-state index in [2.05, 4.69) is 5.32 Å². The summed E-state index contributed by atoms with van der Waals surface area (Å²) < 4.78 is 38.9. The van der Waals surface area contributed by atoms with Crippen molar-refractivity contribution in [1.82, 2.24) is 0 Å². The number of anilines is 3. The van der Waals surface area contributed by atoms with Crippen molar-refractivity contribution < 1.29 is 13.2 Å². The van der Waals surface area contributed by atoms with Gasteiger partial charge in [-0.25, -0.2) is 13.2 Å². The average molecular weight is 263 g/mol. The summed E-state index contributed by atoms with van der Waals surface area (Å²) in [5.41, 5.74) is 6.44. The smallest absolute Gasteiger partial charge is 0.194 e. The van der Waals surface area contributed by atoms with Crippen LogP contribution in [-0.4, -0.2) is 0 Å². The van der Waals surface area contributed by atoms with Gasteiger partial charge in [-0.2, -0.15) is 5.26 Å². The Morgan fingerprint density at radius 1 is 1.05 bits per heavy atom. The lowest BCUT2D eigenvalue weighted by Gasteiger charge is -2.09. The fourth-order valence-electron chi connectivity index (χ4n) is 1.55. The molecule has 0 aliphatic heterocycles. The topological polar surface area (TPSA) is 61.8 Å². The van der Waals surface area contributed by atoms with Crippen LogP contribution in [0.2, 0.25) is 0 Å². The molecule has 0 amide bonds. The maximum Gasteiger partial charge on any atom is 0.194 e. The first-order valence-corrected chi connectivity index (χ1v) is 5.22. The van der Waals surface area contributed by atoms with Gasteiger partial charge >= 0.3 is 0 Å². The minimum atomic E-state index is -1.54. The van der Waals surface area contributed by atoms with Crippen molar-refractivity contribution in [3.05, 3.63) is 53.3 Å². The number of nitrogen functional groups attached to an aromatic ring is 1. The molecule has 0 saturated heterocycles. The summed E-state index contributed by atoms with van der Waals surface area (Å²) >= 11 is 0. The Morgan fingerprint density at radius 2 is 1.68 bits per heavy atom. The molecule has 0 bridgehead atoms. The van der Waals surface area contributed by atoms with Crippen LogP contribution in [0.25, 0.3) is 0 Å². The van der Waals surface area contributed by atoms with Crippen molar-refractivity contribution >= 4 is 17.1 Å². The summed E-state index contributed by atoms with van der Waals surface area (Å²) in [6.07, 6.45) is 0. The number of hydrogen-bond acceptors (Lipinski definition) is 3. The van der Waals surface area contributed by atoms with Crippen molar-refractivity contribution in [3.8, 4) is 6.07 Å². The van der Waals surface area contributed by atoms with Crippen molar-refractivity contribution in [1.29, 1.82) is 5.26 Å². The van der Waals surface area contributed by atoms with Crippen LogP contribution in [0.5, 0.6) is 0 Å². The van der Waals surface area contributed by atoms with E-state index in [-0.39, 0.29) is 11.3 Å². The highest BCUT2D eigenvalue weighted by atomic mass is 19.2. The van der Waals surface area contributed by atoms with Gasteiger partial charge in [0, 0.05) is 23.5 Å². The number of nitriles is 1. The standard InChI is InChI=1S/C13H8F3N3/c14-10-4-9(5-11(15)13(10)16)19-12-2-1-8(18)3-7(12)6-17/h1-5,19H,18H2. The first-order valence-electron chi connectivity index (χ1n) is 5.22. The van der Waals surface area contributed by atoms with Gasteiger partial charge in [0.25, 0.3) is 0 Å². The first-order chi connectivity index (χ1) is 9.01. The zero-order chi connectivity index (χ0) is 14.0. The predicted octanol–water partition coefficient (Wildman–Crippen LogP) is 3.30. The second-order valence-electron chi connectivity index (χ2n) is 3.80. The van der Waals surface area contributed by atoms with Crippen molar-refractivity contribution in [2.75, 3.05) is 11.1 Å².